The van der Waals surface area contributed by atoms with Gasteiger partial charge < -0.3 is 11.2 Å². The molecule has 3 N–H and O–H groups in total. The number of nitrogen functional groups attached to an aromatic ring is 1. The first-order valence-corrected chi connectivity index (χ1v) is 9.16. The molecule has 134 valence electrons. The lowest BCUT2D eigenvalue weighted by molar-refractivity contribution is -0.113. The number of nitrogens with one attached hydrogen (secondary N) is 1. The Bertz CT molecular complexity index is 876. The van der Waals surface area contributed by atoms with Gasteiger partial charge in [0.2, 0.25) is 11.1 Å². The molecule has 3 aromatic rings. The molecule has 0 fully saturated rings. The van der Waals surface area contributed by atoms with Crippen LogP contribution in [0.2, 0.25) is 0 Å². The van der Waals surface area contributed by atoms with Gasteiger partial charge in [-0.15, -0.1) is 10.2 Å². The van der Waals surface area contributed by atoms with Crippen LogP contribution in [0, 0.1) is 0 Å². The van der Waals surface area contributed by atoms with Crippen LogP contribution in [-0.2, 0) is 4.79 Å². The number of nitrogens with zero attached hydrogens (tertiary/aromatic N) is 4. The van der Waals surface area contributed by atoms with Crippen molar-refractivity contribution in [3.63, 3.8) is 0 Å². The summed E-state index contributed by atoms with van der Waals surface area (Å²) in [6.07, 6.45) is 3.34. The molecule has 0 atom stereocenters. The third-order valence-corrected chi connectivity index (χ3v) is 4.72. The van der Waals surface area contributed by atoms with Gasteiger partial charge in [0.15, 0.2) is 5.82 Å². The third-order valence-electron chi connectivity index (χ3n) is 3.78. The van der Waals surface area contributed by atoms with E-state index in [0.29, 0.717) is 16.9 Å². The Hall–Kier alpha value is -2.87. The number of hydrogen-bond acceptors (Lipinski definition) is 6. The van der Waals surface area contributed by atoms with Crippen molar-refractivity contribution in [3.8, 4) is 11.4 Å². The summed E-state index contributed by atoms with van der Waals surface area (Å²) in [4.78, 5) is 16.2. The first-order chi connectivity index (χ1) is 12.5. The van der Waals surface area contributed by atoms with Gasteiger partial charge >= 0.3 is 0 Å². The number of thioether (sulfide) groups is 1. The number of pyridine rings is 1. The zero-order chi connectivity index (χ0) is 18.5. The van der Waals surface area contributed by atoms with Gasteiger partial charge in [-0.3, -0.25) is 9.78 Å². The SMILES string of the molecule is CC(C)c1ccc(NC(=O)CSc2nnc(-c3cccnc3)n2N)cc1. The van der Waals surface area contributed by atoms with E-state index in [-0.39, 0.29) is 11.7 Å². The van der Waals surface area contributed by atoms with Crippen LogP contribution in [0.25, 0.3) is 11.4 Å². The van der Waals surface area contributed by atoms with Crippen molar-refractivity contribution in [2.45, 2.75) is 24.9 Å². The lowest BCUT2D eigenvalue weighted by atomic mass is 10.0. The normalized spacial score (nSPS) is 10.9. The molecule has 2 heterocycles. The number of benzene rings is 1. The van der Waals surface area contributed by atoms with Gasteiger partial charge in [-0.25, -0.2) is 4.68 Å². The van der Waals surface area contributed by atoms with E-state index in [0.717, 1.165) is 11.3 Å². The maximum atomic E-state index is 12.2. The topological polar surface area (TPSA) is 98.7 Å². The van der Waals surface area contributed by atoms with Crippen LogP contribution in [-0.4, -0.2) is 31.5 Å². The van der Waals surface area contributed by atoms with Crippen LogP contribution < -0.4 is 11.2 Å². The van der Waals surface area contributed by atoms with Crippen LogP contribution in [0.15, 0.2) is 53.9 Å². The molecule has 0 radical (unpaired) electrons. The molecular weight excluding hydrogens is 348 g/mol. The molecule has 1 amide bonds. The van der Waals surface area contributed by atoms with E-state index in [4.69, 9.17) is 5.84 Å². The molecule has 26 heavy (non-hydrogen) atoms. The molecule has 7 nitrogen and oxygen atoms in total. The zero-order valence-corrected chi connectivity index (χ0v) is 15.4. The largest absolute Gasteiger partial charge is 0.335 e. The zero-order valence-electron chi connectivity index (χ0n) is 14.6. The molecule has 0 aliphatic heterocycles. The monoisotopic (exact) mass is 368 g/mol. The Morgan fingerprint density at radius 1 is 1.23 bits per heavy atom. The average Bonchev–Trinajstić information content (AvgIpc) is 3.02. The summed E-state index contributed by atoms with van der Waals surface area (Å²) >= 11 is 1.23. The van der Waals surface area contributed by atoms with E-state index >= 15 is 0 Å². The van der Waals surface area contributed by atoms with Gasteiger partial charge in [0.05, 0.1) is 5.75 Å². The number of anilines is 1. The van der Waals surface area contributed by atoms with Crippen LogP contribution in [0.4, 0.5) is 5.69 Å². The lowest BCUT2D eigenvalue weighted by Crippen LogP contribution is -2.16. The maximum Gasteiger partial charge on any atom is 0.234 e. The number of aromatic nitrogens is 4. The molecule has 0 bridgehead atoms. The number of carbonyl (C=O) groups excluding carboxylic acids is 1. The van der Waals surface area contributed by atoms with Crippen LogP contribution in [0.5, 0.6) is 0 Å². The summed E-state index contributed by atoms with van der Waals surface area (Å²) in [7, 11) is 0. The minimum absolute atomic E-state index is 0.127. The summed E-state index contributed by atoms with van der Waals surface area (Å²) in [6.45, 7) is 4.26. The molecule has 8 heteroatoms. The van der Waals surface area contributed by atoms with Crippen molar-refractivity contribution in [2.24, 2.45) is 0 Å². The first-order valence-electron chi connectivity index (χ1n) is 8.18. The fourth-order valence-corrected chi connectivity index (χ4v) is 3.00. The summed E-state index contributed by atoms with van der Waals surface area (Å²) in [5, 5.41) is 11.4. The summed E-state index contributed by atoms with van der Waals surface area (Å²) in [6, 6.07) is 11.5. The Labute approximate surface area is 156 Å². The van der Waals surface area contributed by atoms with E-state index in [1.807, 2.05) is 30.3 Å². The first kappa shape index (κ1) is 17.9. The summed E-state index contributed by atoms with van der Waals surface area (Å²) in [5.74, 6) is 7.06. The Kier molecular flexibility index (Phi) is 5.52. The second-order valence-electron chi connectivity index (χ2n) is 6.03. The van der Waals surface area contributed by atoms with Crippen molar-refractivity contribution < 1.29 is 4.79 Å². The summed E-state index contributed by atoms with van der Waals surface area (Å²) < 4.78 is 1.37. The highest BCUT2D eigenvalue weighted by molar-refractivity contribution is 7.99. The molecule has 0 aliphatic carbocycles. The van der Waals surface area contributed by atoms with Gasteiger partial charge in [0, 0.05) is 23.6 Å². The number of carbonyl (C=O) groups is 1. The number of rotatable bonds is 6. The second kappa shape index (κ2) is 8.01. The standard InChI is InChI=1S/C18H20N6OS/c1-12(2)13-5-7-15(8-6-13)21-16(25)11-26-18-23-22-17(24(18)19)14-4-3-9-20-10-14/h3-10,12H,11,19H2,1-2H3,(H,21,25). The van der Waals surface area contributed by atoms with Crippen LogP contribution in [0.3, 0.4) is 0 Å². The fourth-order valence-electron chi connectivity index (χ4n) is 2.35. The van der Waals surface area contributed by atoms with Crippen LogP contribution in [0.1, 0.15) is 25.3 Å². The van der Waals surface area contributed by atoms with Gasteiger partial charge in [0.25, 0.3) is 0 Å². The Morgan fingerprint density at radius 2 is 2.00 bits per heavy atom. The second-order valence-corrected chi connectivity index (χ2v) is 6.97. The van der Waals surface area contributed by atoms with Gasteiger partial charge in [-0.2, -0.15) is 0 Å². The highest BCUT2D eigenvalue weighted by atomic mass is 32.2. The molecule has 0 saturated carbocycles. The molecule has 0 aliphatic rings. The quantitative estimate of drug-likeness (QED) is 0.513. The third kappa shape index (κ3) is 4.20. The highest BCUT2D eigenvalue weighted by Gasteiger charge is 2.14. The molecular formula is C18H20N6OS. The molecule has 2 aromatic heterocycles. The Balaban J connectivity index is 1.59. The minimum Gasteiger partial charge on any atom is -0.335 e. The number of nitrogens with two attached hydrogens (primary N) is 1. The number of amides is 1. The molecule has 0 saturated heterocycles. The predicted octanol–water partition coefficient (Wildman–Crippen LogP) is 2.91. The van der Waals surface area contributed by atoms with E-state index in [9.17, 15) is 4.79 Å². The van der Waals surface area contributed by atoms with E-state index in [1.165, 1.54) is 22.0 Å². The summed E-state index contributed by atoms with van der Waals surface area (Å²) in [5.41, 5.74) is 2.77. The molecule has 1 aromatic carbocycles. The predicted molar refractivity (Wildman–Crippen MR) is 103 cm³/mol. The molecule has 0 unspecified atom stereocenters. The lowest BCUT2D eigenvalue weighted by Gasteiger charge is -2.08. The minimum atomic E-state index is -0.127. The van der Waals surface area contributed by atoms with Crippen molar-refractivity contribution in [3.05, 3.63) is 54.4 Å². The number of hydrogen-bond donors (Lipinski definition) is 2. The van der Waals surface area contributed by atoms with Crippen molar-refractivity contribution >= 4 is 23.4 Å². The Morgan fingerprint density at radius 3 is 2.65 bits per heavy atom. The fraction of sp³-hybridized carbons (Fsp3) is 0.222. The molecule has 3 rings (SSSR count). The van der Waals surface area contributed by atoms with Gasteiger partial charge in [-0.1, -0.05) is 37.7 Å². The molecule has 0 spiro atoms. The van der Waals surface area contributed by atoms with E-state index in [1.54, 1.807) is 18.5 Å². The highest BCUT2D eigenvalue weighted by Crippen LogP contribution is 2.21. The van der Waals surface area contributed by atoms with E-state index in [2.05, 4.69) is 34.3 Å². The smallest absolute Gasteiger partial charge is 0.234 e. The van der Waals surface area contributed by atoms with Crippen molar-refractivity contribution in [2.75, 3.05) is 16.9 Å². The van der Waals surface area contributed by atoms with Crippen molar-refractivity contribution in [1.29, 1.82) is 0 Å². The van der Waals surface area contributed by atoms with Gasteiger partial charge in [-0.05, 0) is 35.7 Å². The van der Waals surface area contributed by atoms with E-state index < -0.39 is 0 Å². The average molecular weight is 368 g/mol. The van der Waals surface area contributed by atoms with Crippen molar-refractivity contribution in [1.82, 2.24) is 19.9 Å². The van der Waals surface area contributed by atoms with Crippen LogP contribution >= 0.6 is 11.8 Å². The maximum absolute atomic E-state index is 12.2. The van der Waals surface area contributed by atoms with Gasteiger partial charge in [0.1, 0.15) is 0 Å².